The molecule has 0 radical (unpaired) electrons. The number of halogens is 3. The Hall–Kier alpha value is -3.95. The van der Waals surface area contributed by atoms with E-state index in [2.05, 4.69) is 22.0 Å². The van der Waals surface area contributed by atoms with Crippen LogP contribution >= 0.6 is 27.3 Å². The molecule has 0 saturated heterocycles. The Morgan fingerprint density at radius 2 is 1.76 bits per heavy atom. The fourth-order valence-electron chi connectivity index (χ4n) is 5.68. The van der Waals surface area contributed by atoms with Crippen molar-refractivity contribution in [2.75, 3.05) is 5.01 Å². The quantitative estimate of drug-likeness (QED) is 0.186. The molecule has 3 aromatic carbocycles. The molecule has 5 aromatic rings. The molecule has 0 N–H and O–H groups in total. The lowest BCUT2D eigenvalue weighted by Crippen LogP contribution is -2.28. The summed E-state index contributed by atoms with van der Waals surface area (Å²) in [5.74, 6) is -0.510. The maximum absolute atomic E-state index is 13.9. The molecule has 1 saturated carbocycles. The van der Waals surface area contributed by atoms with Crippen LogP contribution in [0, 0.1) is 17.6 Å². The average molecular weight is 631 g/mol. The maximum atomic E-state index is 13.9. The molecule has 2 aliphatic rings. The normalized spacial score (nSPS) is 19.5. The molecule has 9 heteroatoms. The molecular formula is C32H22BrF2N3O2S. The standard InChI is InChI=1S/C32H22BrF2N3O2S/c33-22-8-13-28-21(15-22)16-26(31(39)40-28)27-17-41-32(36-27)38-30(19-6-11-24(35)12-7-19)25-3-1-2-20(29(25)37-38)14-18-4-9-23(34)10-5-18/h4-17,25,30H,1-3H2/b20-14+/t25-,30+/m0/s1. The number of hydrazone groups is 1. The Labute approximate surface area is 246 Å². The topological polar surface area (TPSA) is 58.7 Å². The van der Waals surface area contributed by atoms with Crippen LogP contribution < -0.4 is 10.6 Å². The number of aromatic nitrogens is 1. The van der Waals surface area contributed by atoms with Crippen LogP contribution in [0.3, 0.4) is 0 Å². The van der Waals surface area contributed by atoms with E-state index in [1.165, 1.54) is 35.6 Å². The van der Waals surface area contributed by atoms with Gasteiger partial charge in [0.25, 0.3) is 0 Å². The van der Waals surface area contributed by atoms with Crippen LogP contribution in [0.15, 0.2) is 103 Å². The van der Waals surface area contributed by atoms with E-state index in [0.717, 1.165) is 51.5 Å². The van der Waals surface area contributed by atoms with E-state index >= 15 is 0 Å². The van der Waals surface area contributed by atoms with Gasteiger partial charge in [0, 0.05) is 21.2 Å². The van der Waals surface area contributed by atoms with E-state index in [-0.39, 0.29) is 23.6 Å². The molecule has 0 bridgehead atoms. The number of anilines is 1. The van der Waals surface area contributed by atoms with Gasteiger partial charge in [-0.2, -0.15) is 5.10 Å². The van der Waals surface area contributed by atoms with E-state index in [0.29, 0.717) is 22.0 Å². The minimum atomic E-state index is -0.460. The molecule has 3 heterocycles. The highest BCUT2D eigenvalue weighted by Crippen LogP contribution is 2.47. The number of thiazole rings is 1. The molecule has 41 heavy (non-hydrogen) atoms. The van der Waals surface area contributed by atoms with E-state index in [1.807, 2.05) is 22.5 Å². The average Bonchev–Trinajstić information content (AvgIpc) is 3.61. The number of allylic oxidation sites excluding steroid dienone is 1. The van der Waals surface area contributed by atoms with Gasteiger partial charge in [0.2, 0.25) is 5.13 Å². The first-order valence-electron chi connectivity index (χ1n) is 13.2. The molecule has 2 aromatic heterocycles. The largest absolute Gasteiger partial charge is 0.422 e. The van der Waals surface area contributed by atoms with E-state index in [1.54, 1.807) is 36.4 Å². The summed E-state index contributed by atoms with van der Waals surface area (Å²) < 4.78 is 33.9. The van der Waals surface area contributed by atoms with E-state index in [4.69, 9.17) is 14.5 Å². The highest BCUT2D eigenvalue weighted by molar-refractivity contribution is 9.10. The number of hydrogen-bond acceptors (Lipinski definition) is 6. The lowest BCUT2D eigenvalue weighted by Gasteiger charge is -2.29. The van der Waals surface area contributed by atoms with E-state index < -0.39 is 5.63 Å². The van der Waals surface area contributed by atoms with Gasteiger partial charge in [-0.1, -0.05) is 40.2 Å². The lowest BCUT2D eigenvalue weighted by molar-refractivity contribution is 0.486. The van der Waals surface area contributed by atoms with Gasteiger partial charge >= 0.3 is 5.63 Å². The Kier molecular flexibility index (Phi) is 6.63. The van der Waals surface area contributed by atoms with Gasteiger partial charge in [-0.15, -0.1) is 11.3 Å². The van der Waals surface area contributed by atoms with Crippen molar-refractivity contribution in [1.29, 1.82) is 0 Å². The van der Waals surface area contributed by atoms with Crippen LogP contribution in [0.25, 0.3) is 28.3 Å². The van der Waals surface area contributed by atoms with Crippen molar-refractivity contribution < 1.29 is 13.2 Å². The molecule has 1 fully saturated rings. The summed E-state index contributed by atoms with van der Waals surface area (Å²) in [5.41, 5.74) is 4.83. The summed E-state index contributed by atoms with van der Waals surface area (Å²) in [6, 6.07) is 20.0. The van der Waals surface area contributed by atoms with Crippen molar-refractivity contribution in [1.82, 2.24) is 4.98 Å². The van der Waals surface area contributed by atoms with E-state index in [9.17, 15) is 13.6 Å². The van der Waals surface area contributed by atoms with Crippen LogP contribution in [0.4, 0.5) is 13.9 Å². The van der Waals surface area contributed by atoms with Gasteiger partial charge < -0.3 is 4.42 Å². The van der Waals surface area contributed by atoms with Crippen molar-refractivity contribution in [2.45, 2.75) is 25.3 Å². The third-order valence-corrected chi connectivity index (χ3v) is 8.91. The Bertz CT molecular complexity index is 1900. The monoisotopic (exact) mass is 629 g/mol. The predicted octanol–water partition coefficient (Wildman–Crippen LogP) is 8.76. The SMILES string of the molecule is O=c1oc2ccc(Br)cc2cc1-c1csc(N2N=C3/C(=C/c4ccc(F)cc4)CCC[C@@H]3[C@H]2c2ccc(F)cc2)n1. The molecule has 204 valence electrons. The molecule has 0 spiro atoms. The van der Waals surface area contributed by atoms with Crippen LogP contribution in [-0.4, -0.2) is 10.7 Å². The first-order chi connectivity index (χ1) is 19.9. The van der Waals surface area contributed by atoms with Gasteiger partial charge in [-0.25, -0.2) is 23.6 Å². The van der Waals surface area contributed by atoms with Crippen molar-refractivity contribution in [2.24, 2.45) is 11.0 Å². The van der Waals surface area contributed by atoms with Gasteiger partial charge in [-0.05, 0) is 90.6 Å². The second kappa shape index (κ2) is 10.5. The number of fused-ring (bicyclic) bond motifs is 2. The first kappa shape index (κ1) is 26.0. The highest BCUT2D eigenvalue weighted by Gasteiger charge is 2.43. The first-order valence-corrected chi connectivity index (χ1v) is 14.9. The second-order valence-electron chi connectivity index (χ2n) is 10.2. The van der Waals surface area contributed by atoms with Crippen molar-refractivity contribution in [3.05, 3.63) is 121 Å². The van der Waals surface area contributed by atoms with Gasteiger partial charge in [-0.3, -0.25) is 0 Å². The number of nitrogens with zero attached hydrogens (tertiary/aromatic N) is 3. The molecular weight excluding hydrogens is 608 g/mol. The van der Waals surface area contributed by atoms with Gasteiger partial charge in [0.15, 0.2) is 0 Å². The zero-order valence-electron chi connectivity index (χ0n) is 21.6. The summed E-state index contributed by atoms with van der Waals surface area (Å²) in [5, 5.41) is 10.3. The van der Waals surface area contributed by atoms with Gasteiger partial charge in [0.1, 0.15) is 17.2 Å². The molecule has 1 aliphatic heterocycles. The fraction of sp³-hybridized carbons (Fsp3) is 0.156. The zero-order chi connectivity index (χ0) is 28.1. The van der Waals surface area contributed by atoms with Crippen LogP contribution in [0.1, 0.15) is 36.4 Å². The molecule has 5 nitrogen and oxygen atoms in total. The molecule has 1 aliphatic carbocycles. The summed E-state index contributed by atoms with van der Waals surface area (Å²) >= 11 is 4.87. The summed E-state index contributed by atoms with van der Waals surface area (Å²) in [7, 11) is 0. The van der Waals surface area contributed by atoms with Crippen LogP contribution in [0.2, 0.25) is 0 Å². The Morgan fingerprint density at radius 3 is 2.54 bits per heavy atom. The lowest BCUT2D eigenvalue weighted by atomic mass is 9.77. The summed E-state index contributed by atoms with van der Waals surface area (Å²) in [6.07, 6.45) is 4.81. The van der Waals surface area contributed by atoms with Crippen molar-refractivity contribution in [3.8, 4) is 11.3 Å². The minimum absolute atomic E-state index is 0.0661. The predicted molar refractivity (Wildman–Crippen MR) is 162 cm³/mol. The molecule has 0 unspecified atom stereocenters. The second-order valence-corrected chi connectivity index (χ2v) is 11.9. The third-order valence-electron chi connectivity index (χ3n) is 7.58. The zero-order valence-corrected chi connectivity index (χ0v) is 24.0. The van der Waals surface area contributed by atoms with Crippen molar-refractivity contribution in [3.63, 3.8) is 0 Å². The summed E-state index contributed by atoms with van der Waals surface area (Å²) in [4.78, 5) is 17.7. The smallest absolute Gasteiger partial charge is 0.345 e. The number of hydrogen-bond donors (Lipinski definition) is 0. The molecule has 0 amide bonds. The number of rotatable bonds is 4. The highest BCUT2D eigenvalue weighted by atomic mass is 79.9. The van der Waals surface area contributed by atoms with Gasteiger partial charge in [0.05, 0.1) is 23.0 Å². The molecule has 2 atom stereocenters. The van der Waals surface area contributed by atoms with Crippen LogP contribution in [0.5, 0.6) is 0 Å². The van der Waals surface area contributed by atoms with Crippen LogP contribution in [-0.2, 0) is 0 Å². The fourth-order valence-corrected chi connectivity index (χ4v) is 6.87. The summed E-state index contributed by atoms with van der Waals surface area (Å²) in [6.45, 7) is 0. The van der Waals surface area contributed by atoms with Crippen molar-refractivity contribution >= 4 is 55.2 Å². The minimum Gasteiger partial charge on any atom is -0.422 e. The molecule has 7 rings (SSSR count). The maximum Gasteiger partial charge on any atom is 0.345 e. The Balaban J connectivity index is 1.31. The third kappa shape index (κ3) is 4.93. The number of benzene rings is 3. The Morgan fingerprint density at radius 1 is 1.00 bits per heavy atom.